The lowest BCUT2D eigenvalue weighted by Gasteiger charge is -2.26. The molecule has 0 unspecified atom stereocenters. The van der Waals surface area contributed by atoms with Crippen molar-refractivity contribution in [3.05, 3.63) is 187 Å². The predicted molar refractivity (Wildman–Crippen MR) is 220 cm³/mol. The van der Waals surface area contributed by atoms with Gasteiger partial charge in [-0.15, -0.1) is 11.3 Å². The molecule has 1 nitrogen and oxygen atoms in total. The molecule has 0 saturated carbocycles. The van der Waals surface area contributed by atoms with Crippen molar-refractivity contribution in [2.24, 2.45) is 0 Å². The van der Waals surface area contributed by atoms with Crippen LogP contribution in [0, 0.1) is 0 Å². The Morgan fingerprint density at radius 2 is 1.16 bits per heavy atom. The number of hydrogen-bond donors (Lipinski definition) is 0. The van der Waals surface area contributed by atoms with Crippen LogP contribution in [0.25, 0.3) is 64.3 Å². The summed E-state index contributed by atoms with van der Waals surface area (Å²) in [6.45, 7) is 3.20. The summed E-state index contributed by atoms with van der Waals surface area (Å²) in [5, 5.41) is -0.635. The van der Waals surface area contributed by atoms with Crippen molar-refractivity contribution in [1.29, 1.82) is 0 Å². The highest BCUT2D eigenvalue weighted by atomic mass is 32.1. The van der Waals surface area contributed by atoms with Gasteiger partial charge in [0.25, 0.3) is 0 Å². The molecule has 1 heterocycles. The Hall–Kier alpha value is -5.96. The van der Waals surface area contributed by atoms with Gasteiger partial charge in [-0.1, -0.05) is 159 Å². The van der Waals surface area contributed by atoms with Crippen LogP contribution in [0.15, 0.2) is 175 Å². The van der Waals surface area contributed by atoms with Gasteiger partial charge >= 0.3 is 0 Å². The Kier molecular flexibility index (Phi) is 3.61. The molecule has 0 radical (unpaired) electrons. The third-order valence-corrected chi connectivity index (χ3v) is 10.5. The van der Waals surface area contributed by atoms with E-state index in [9.17, 15) is 12.3 Å². The molecule has 0 saturated heterocycles. The highest BCUT2D eigenvalue weighted by molar-refractivity contribution is 7.27. The normalized spacial score (nSPS) is 18.5. The summed E-state index contributed by atoms with van der Waals surface area (Å²) in [5.41, 5.74) is -1.48. The van der Waals surface area contributed by atoms with Crippen LogP contribution in [0.4, 0.5) is 17.1 Å². The maximum absolute atomic E-state index is 9.82. The molecule has 0 bridgehead atoms. The Morgan fingerprint density at radius 1 is 0.490 bits per heavy atom. The largest absolute Gasteiger partial charge is 0.309 e. The van der Waals surface area contributed by atoms with Gasteiger partial charge in [0.1, 0.15) is 0 Å². The monoisotopic (exact) mass is 689 g/mol. The fourth-order valence-corrected chi connectivity index (χ4v) is 8.04. The van der Waals surface area contributed by atoms with Crippen LogP contribution >= 0.6 is 11.3 Å². The topological polar surface area (TPSA) is 3.24 Å². The van der Waals surface area contributed by atoms with Crippen LogP contribution in [-0.2, 0) is 5.41 Å². The van der Waals surface area contributed by atoms with E-state index in [0.717, 1.165) is 22.5 Å². The first-order valence-corrected chi connectivity index (χ1v) is 16.9. The zero-order valence-corrected chi connectivity index (χ0v) is 27.9. The van der Waals surface area contributed by atoms with E-state index in [2.05, 4.69) is 0 Å². The summed E-state index contributed by atoms with van der Waals surface area (Å²) in [7, 11) is 0. The summed E-state index contributed by atoms with van der Waals surface area (Å²) < 4.78 is 182. The molecule has 10 rings (SSSR count). The van der Waals surface area contributed by atoms with Crippen LogP contribution in [0.5, 0.6) is 0 Å². The second-order valence-corrected chi connectivity index (χ2v) is 13.6. The van der Waals surface area contributed by atoms with Gasteiger partial charge in [0.15, 0.2) is 0 Å². The molecule has 1 aliphatic rings. The molecule has 0 aliphatic heterocycles. The van der Waals surface area contributed by atoms with E-state index in [1.165, 1.54) is 4.90 Å². The van der Waals surface area contributed by atoms with Crippen molar-refractivity contribution in [1.82, 2.24) is 0 Å². The Balaban J connectivity index is 1.35. The van der Waals surface area contributed by atoms with E-state index in [1.54, 1.807) is 38.1 Å². The minimum absolute atomic E-state index is 0.0176. The van der Waals surface area contributed by atoms with Gasteiger partial charge in [0.2, 0.25) is 0 Å². The molecule has 51 heavy (non-hydrogen) atoms. The number of rotatable bonds is 5. The highest BCUT2D eigenvalue weighted by Crippen LogP contribution is 2.52. The molecular formula is C49H35NS. The lowest BCUT2D eigenvalue weighted by molar-refractivity contribution is 0.660. The second-order valence-electron chi connectivity index (χ2n) is 12.6. The molecule has 1 aromatic heterocycles. The van der Waals surface area contributed by atoms with E-state index in [-0.39, 0.29) is 70.1 Å². The Morgan fingerprint density at radius 3 is 2.00 bits per heavy atom. The Labute approximate surface area is 330 Å². The van der Waals surface area contributed by atoms with E-state index < -0.39 is 138 Å². The van der Waals surface area contributed by atoms with E-state index >= 15 is 0 Å². The third-order valence-electron chi connectivity index (χ3n) is 9.32. The number of hydrogen-bond acceptors (Lipinski definition) is 2. The molecular weight excluding hydrogens is 635 g/mol. The highest BCUT2D eigenvalue weighted by Gasteiger charge is 2.36. The first-order valence-electron chi connectivity index (χ1n) is 26.1. The van der Waals surface area contributed by atoms with Gasteiger partial charge in [0, 0.05) is 32.3 Å². The zero-order valence-electron chi connectivity index (χ0n) is 47.1. The van der Waals surface area contributed by atoms with Crippen molar-refractivity contribution in [2.45, 2.75) is 19.3 Å². The molecule has 0 N–H and O–H groups in total. The first kappa shape index (κ1) is 15.9. The molecule has 0 atom stereocenters. The van der Waals surface area contributed by atoms with E-state index in [0.29, 0.717) is 0 Å². The van der Waals surface area contributed by atoms with Crippen LogP contribution in [0.2, 0.25) is 0 Å². The van der Waals surface area contributed by atoms with Crippen LogP contribution in [0.1, 0.15) is 52.4 Å². The summed E-state index contributed by atoms with van der Waals surface area (Å²) in [6.07, 6.45) is 0. The zero-order chi connectivity index (χ0) is 51.5. The molecule has 242 valence electrons. The first-order chi connectivity index (χ1) is 33.4. The van der Waals surface area contributed by atoms with Gasteiger partial charge in [-0.25, -0.2) is 0 Å². The summed E-state index contributed by atoms with van der Waals surface area (Å²) in [4.78, 5) is 1.21. The van der Waals surface area contributed by atoms with Crippen molar-refractivity contribution in [3.63, 3.8) is 0 Å². The molecule has 0 fully saturated rings. The van der Waals surface area contributed by atoms with Gasteiger partial charge in [0.05, 0.1) is 37.8 Å². The SMILES string of the molecule is [2H]c1c([2H])c([2H])c2c(c1[2H])-c1c(-c3c([2H])c([2H])c(N(c4ccc(-c5ccccc5)cc4)c4c([2H])c([2H])c([2H])c5c4sc4c6c([2H])c([2H])c([2H])c([2H])c6c([2H])c([2H])c45)c([2H])c3[2H])c([2H])c([2H])c([2H])c1C2(C)C. The number of nitrogens with zero attached hydrogens (tertiary/aromatic N) is 1. The fraction of sp³-hybridized carbons (Fsp3) is 0.0612. The fourth-order valence-electron chi connectivity index (χ4n) is 6.83. The van der Waals surface area contributed by atoms with Crippen LogP contribution in [0.3, 0.4) is 0 Å². The number of anilines is 3. The number of thiophene rings is 1. The average Bonchev–Trinajstić information content (AvgIpc) is 3.86. The molecule has 9 aromatic rings. The number of fused-ring (bicyclic) bond motifs is 8. The maximum atomic E-state index is 9.82. The van der Waals surface area contributed by atoms with Crippen molar-refractivity contribution >= 4 is 59.3 Å². The predicted octanol–water partition coefficient (Wildman–Crippen LogP) is 14.3. The molecule has 2 heteroatoms. The van der Waals surface area contributed by atoms with Crippen molar-refractivity contribution in [3.8, 4) is 33.4 Å². The summed E-state index contributed by atoms with van der Waals surface area (Å²) >= 11 is 0.812. The molecule has 1 aliphatic carbocycles. The minimum Gasteiger partial charge on any atom is -0.309 e. The molecule has 0 spiro atoms. The van der Waals surface area contributed by atoms with Crippen LogP contribution in [-0.4, -0.2) is 0 Å². The quantitative estimate of drug-likeness (QED) is 0.174. The Bertz CT molecular complexity index is 3880. The average molecular weight is 690 g/mol. The maximum Gasteiger partial charge on any atom is 0.0645 e. The number of benzene rings is 8. The second kappa shape index (κ2) is 11.6. The smallest absolute Gasteiger partial charge is 0.0645 e. The van der Waals surface area contributed by atoms with Gasteiger partial charge < -0.3 is 4.90 Å². The summed E-state index contributed by atoms with van der Waals surface area (Å²) in [6, 6.07) is 3.51. The van der Waals surface area contributed by atoms with Crippen molar-refractivity contribution < 1.29 is 27.4 Å². The van der Waals surface area contributed by atoms with Gasteiger partial charge in [-0.05, 0) is 85.5 Å². The van der Waals surface area contributed by atoms with E-state index in [1.807, 2.05) is 30.3 Å². The standard InChI is InChI=1S/C49H35NS/c1-49(2)43-19-9-8-16-42(43)46-38(17-10-20-44(46)49)35-24-29-37(30-25-35)50(36-27-22-33(23-28-36)32-12-4-3-5-13-32)45-21-11-18-40-41-31-26-34-14-6-7-15-39(34)47(41)51-48(40)45/h3-31H,1-2H3/i6D,7D,8D,9D,10D,11D,14D,15D,16D,17D,18D,19D,20D,21D,24D,25D,26D,29D,30D,31D. The van der Waals surface area contributed by atoms with Crippen molar-refractivity contribution in [2.75, 3.05) is 4.90 Å². The van der Waals surface area contributed by atoms with Crippen LogP contribution < -0.4 is 4.90 Å². The molecule has 0 amide bonds. The lowest BCUT2D eigenvalue weighted by atomic mass is 9.82. The van der Waals surface area contributed by atoms with E-state index in [4.69, 9.17) is 15.1 Å². The lowest BCUT2D eigenvalue weighted by Crippen LogP contribution is -2.14. The third kappa shape index (κ3) is 4.67. The summed E-state index contributed by atoms with van der Waals surface area (Å²) in [5.74, 6) is 0. The van der Waals surface area contributed by atoms with Gasteiger partial charge in [-0.2, -0.15) is 0 Å². The van der Waals surface area contributed by atoms with Gasteiger partial charge in [-0.3, -0.25) is 0 Å². The minimum atomic E-state index is -1.37. The molecule has 8 aromatic carbocycles.